The van der Waals surface area contributed by atoms with Gasteiger partial charge < -0.3 is 14.8 Å². The van der Waals surface area contributed by atoms with E-state index in [9.17, 15) is 0 Å². The van der Waals surface area contributed by atoms with Crippen LogP contribution in [-0.4, -0.2) is 25.8 Å². The lowest BCUT2D eigenvalue weighted by atomic mass is 10.1. The van der Waals surface area contributed by atoms with Gasteiger partial charge in [0.1, 0.15) is 11.5 Å². The molecule has 1 N–H and O–H groups in total. The Labute approximate surface area is 117 Å². The van der Waals surface area contributed by atoms with E-state index in [0.29, 0.717) is 0 Å². The van der Waals surface area contributed by atoms with Gasteiger partial charge in [-0.15, -0.1) is 0 Å². The van der Waals surface area contributed by atoms with Crippen LogP contribution in [0.25, 0.3) is 0 Å². The van der Waals surface area contributed by atoms with E-state index in [0.717, 1.165) is 31.1 Å². The van der Waals surface area contributed by atoms with Crippen molar-refractivity contribution in [3.8, 4) is 11.5 Å². The average molecular weight is 265 g/mol. The second kappa shape index (κ2) is 8.05. The highest BCUT2D eigenvalue weighted by atomic mass is 16.5. The summed E-state index contributed by atoms with van der Waals surface area (Å²) in [6.07, 6.45) is 3.49. The molecule has 0 bridgehead atoms. The van der Waals surface area contributed by atoms with E-state index in [4.69, 9.17) is 9.47 Å². The third kappa shape index (κ3) is 7.73. The highest BCUT2D eigenvalue weighted by Crippen LogP contribution is 2.17. The van der Waals surface area contributed by atoms with Crippen molar-refractivity contribution < 1.29 is 9.47 Å². The first-order valence-corrected chi connectivity index (χ1v) is 7.03. The third-order valence-electron chi connectivity index (χ3n) is 2.80. The summed E-state index contributed by atoms with van der Waals surface area (Å²) < 4.78 is 10.8. The summed E-state index contributed by atoms with van der Waals surface area (Å²) in [7, 11) is 1.67. The molecule has 19 heavy (non-hydrogen) atoms. The van der Waals surface area contributed by atoms with E-state index in [-0.39, 0.29) is 5.54 Å². The fourth-order valence-electron chi connectivity index (χ4n) is 1.73. The van der Waals surface area contributed by atoms with E-state index >= 15 is 0 Å². The maximum atomic E-state index is 5.68. The summed E-state index contributed by atoms with van der Waals surface area (Å²) >= 11 is 0. The lowest BCUT2D eigenvalue weighted by Crippen LogP contribution is -2.36. The first-order chi connectivity index (χ1) is 9.01. The summed E-state index contributed by atoms with van der Waals surface area (Å²) in [5, 5.41) is 3.49. The smallest absolute Gasteiger partial charge is 0.119 e. The lowest BCUT2D eigenvalue weighted by Gasteiger charge is -2.20. The zero-order chi connectivity index (χ0) is 14.1. The molecule has 1 aromatic rings. The number of rotatable bonds is 8. The van der Waals surface area contributed by atoms with Crippen LogP contribution in [0.4, 0.5) is 0 Å². The summed E-state index contributed by atoms with van der Waals surface area (Å²) in [5.74, 6) is 1.77. The van der Waals surface area contributed by atoms with Crippen molar-refractivity contribution in [3.05, 3.63) is 24.3 Å². The molecule has 0 spiro atoms. The standard InChI is InChI=1S/C16H27NO2/c1-16(2,3)17-12-6-5-7-13-19-15-10-8-14(18-4)9-11-15/h8-11,17H,5-7,12-13H2,1-4H3. The molecule has 0 radical (unpaired) electrons. The van der Waals surface area contributed by atoms with Gasteiger partial charge in [-0.05, 0) is 70.8 Å². The van der Waals surface area contributed by atoms with Gasteiger partial charge in [-0.2, -0.15) is 0 Å². The minimum Gasteiger partial charge on any atom is -0.497 e. The van der Waals surface area contributed by atoms with Crippen LogP contribution >= 0.6 is 0 Å². The minimum atomic E-state index is 0.222. The number of ether oxygens (including phenoxy) is 2. The van der Waals surface area contributed by atoms with E-state index in [2.05, 4.69) is 26.1 Å². The van der Waals surface area contributed by atoms with Crippen LogP contribution in [0.15, 0.2) is 24.3 Å². The van der Waals surface area contributed by atoms with Crippen LogP contribution in [0.1, 0.15) is 40.0 Å². The van der Waals surface area contributed by atoms with Crippen LogP contribution < -0.4 is 14.8 Å². The number of hydrogen-bond acceptors (Lipinski definition) is 3. The Kier molecular flexibility index (Phi) is 6.71. The molecule has 0 heterocycles. The van der Waals surface area contributed by atoms with Crippen molar-refractivity contribution in [1.82, 2.24) is 5.32 Å². The van der Waals surface area contributed by atoms with Crippen molar-refractivity contribution in [2.45, 2.75) is 45.6 Å². The molecule has 108 valence electrons. The van der Waals surface area contributed by atoms with Crippen LogP contribution in [-0.2, 0) is 0 Å². The van der Waals surface area contributed by atoms with Crippen molar-refractivity contribution in [2.24, 2.45) is 0 Å². The molecule has 0 saturated heterocycles. The summed E-state index contributed by atoms with van der Waals surface area (Å²) in [4.78, 5) is 0. The normalized spacial score (nSPS) is 11.4. The Morgan fingerprint density at radius 2 is 1.58 bits per heavy atom. The van der Waals surface area contributed by atoms with E-state index in [1.807, 2.05) is 24.3 Å². The molecule has 0 amide bonds. The number of unbranched alkanes of at least 4 members (excludes halogenated alkanes) is 2. The van der Waals surface area contributed by atoms with Gasteiger partial charge in [0, 0.05) is 5.54 Å². The SMILES string of the molecule is COc1ccc(OCCCCCNC(C)(C)C)cc1. The molecule has 0 atom stereocenters. The lowest BCUT2D eigenvalue weighted by molar-refractivity contribution is 0.302. The van der Waals surface area contributed by atoms with Gasteiger partial charge in [0.2, 0.25) is 0 Å². The Hall–Kier alpha value is -1.22. The van der Waals surface area contributed by atoms with Gasteiger partial charge in [-0.25, -0.2) is 0 Å². The quantitative estimate of drug-likeness (QED) is 0.728. The van der Waals surface area contributed by atoms with Crippen molar-refractivity contribution in [1.29, 1.82) is 0 Å². The molecular weight excluding hydrogens is 238 g/mol. The van der Waals surface area contributed by atoms with Crippen molar-refractivity contribution in [2.75, 3.05) is 20.3 Å². The van der Waals surface area contributed by atoms with Gasteiger partial charge in [0.05, 0.1) is 13.7 Å². The Bertz CT molecular complexity index is 341. The minimum absolute atomic E-state index is 0.222. The summed E-state index contributed by atoms with van der Waals surface area (Å²) in [5.41, 5.74) is 0.222. The summed E-state index contributed by atoms with van der Waals surface area (Å²) in [6.45, 7) is 8.44. The fraction of sp³-hybridized carbons (Fsp3) is 0.625. The monoisotopic (exact) mass is 265 g/mol. The maximum Gasteiger partial charge on any atom is 0.119 e. The zero-order valence-corrected chi connectivity index (χ0v) is 12.7. The van der Waals surface area contributed by atoms with Crippen LogP contribution in [0, 0.1) is 0 Å². The number of benzene rings is 1. The van der Waals surface area contributed by atoms with Crippen LogP contribution in [0.3, 0.4) is 0 Å². The van der Waals surface area contributed by atoms with E-state index in [1.54, 1.807) is 7.11 Å². The fourth-order valence-corrected chi connectivity index (χ4v) is 1.73. The summed E-state index contributed by atoms with van der Waals surface area (Å²) in [6, 6.07) is 7.73. The number of nitrogens with one attached hydrogen (secondary N) is 1. The molecule has 0 fully saturated rings. The first-order valence-electron chi connectivity index (χ1n) is 7.03. The number of methoxy groups -OCH3 is 1. The van der Waals surface area contributed by atoms with Crippen LogP contribution in [0.2, 0.25) is 0 Å². The van der Waals surface area contributed by atoms with Crippen molar-refractivity contribution in [3.63, 3.8) is 0 Å². The first kappa shape index (κ1) is 15.8. The largest absolute Gasteiger partial charge is 0.497 e. The average Bonchev–Trinajstić information content (AvgIpc) is 2.37. The maximum absolute atomic E-state index is 5.68. The van der Waals surface area contributed by atoms with Gasteiger partial charge >= 0.3 is 0 Å². The Balaban J connectivity index is 2.04. The predicted octanol–water partition coefficient (Wildman–Crippen LogP) is 3.63. The van der Waals surface area contributed by atoms with Gasteiger partial charge in [-0.1, -0.05) is 0 Å². The second-order valence-electron chi connectivity index (χ2n) is 5.76. The van der Waals surface area contributed by atoms with Gasteiger partial charge in [0.25, 0.3) is 0 Å². The van der Waals surface area contributed by atoms with Gasteiger partial charge in [0.15, 0.2) is 0 Å². The van der Waals surface area contributed by atoms with E-state index < -0.39 is 0 Å². The highest BCUT2D eigenvalue weighted by molar-refractivity contribution is 5.31. The Morgan fingerprint density at radius 1 is 0.947 bits per heavy atom. The predicted molar refractivity (Wildman–Crippen MR) is 80.1 cm³/mol. The molecule has 1 aromatic carbocycles. The van der Waals surface area contributed by atoms with Gasteiger partial charge in [-0.3, -0.25) is 0 Å². The molecular formula is C16H27NO2. The Morgan fingerprint density at radius 3 is 2.16 bits per heavy atom. The molecule has 0 unspecified atom stereocenters. The molecule has 3 nitrogen and oxygen atoms in total. The molecule has 0 aliphatic rings. The van der Waals surface area contributed by atoms with Crippen molar-refractivity contribution >= 4 is 0 Å². The topological polar surface area (TPSA) is 30.5 Å². The molecule has 0 saturated carbocycles. The molecule has 0 aliphatic carbocycles. The van der Waals surface area contributed by atoms with E-state index in [1.165, 1.54) is 12.8 Å². The van der Waals surface area contributed by atoms with Crippen LogP contribution in [0.5, 0.6) is 11.5 Å². The molecule has 1 rings (SSSR count). The molecule has 0 aliphatic heterocycles. The highest BCUT2D eigenvalue weighted by Gasteiger charge is 2.06. The zero-order valence-electron chi connectivity index (χ0n) is 12.7. The molecule has 0 aromatic heterocycles. The number of hydrogen-bond donors (Lipinski definition) is 1. The molecule has 3 heteroatoms. The second-order valence-corrected chi connectivity index (χ2v) is 5.76. The third-order valence-corrected chi connectivity index (χ3v) is 2.80.